The Bertz CT molecular complexity index is 8.00. The quantitative estimate of drug-likeness (QED) is 0.442. The zero-order chi connectivity index (χ0) is 0. The van der Waals surface area contributed by atoms with Gasteiger partial charge >= 0.3 is 48.9 Å². The zero-order valence-corrected chi connectivity index (χ0v) is 5.52. The van der Waals surface area contributed by atoms with E-state index < -0.39 is 0 Å². The predicted molar refractivity (Wildman–Crippen MR) is 18.5 cm³/mol. The smallest absolute Gasteiger partial charge is 0 e. The third kappa shape index (κ3) is 8.85. The van der Waals surface area contributed by atoms with Gasteiger partial charge in [-0.25, -0.2) is 0 Å². The first-order chi connectivity index (χ1) is 0. The van der Waals surface area contributed by atoms with Crippen molar-refractivity contribution in [3.63, 3.8) is 0 Å². The summed E-state index contributed by atoms with van der Waals surface area (Å²) in [6.07, 6.45) is 0. The Balaban J connectivity index is 0. The molecular formula is H5BBaVZn. The molecule has 4 heteroatoms. The van der Waals surface area contributed by atoms with Crippen LogP contribution in [0.15, 0.2) is 0 Å². The van der Waals surface area contributed by atoms with E-state index in [-0.39, 0.29) is 95.3 Å². The van der Waals surface area contributed by atoms with E-state index in [1.807, 2.05) is 0 Å². The normalized spacial score (nSPS) is 0. The van der Waals surface area contributed by atoms with E-state index in [4.69, 9.17) is 0 Å². The van der Waals surface area contributed by atoms with Crippen LogP contribution in [0.5, 0.6) is 0 Å². The second kappa shape index (κ2) is 17.0. The SMILES string of the molecule is B.[BaH2].[V].[Zn]. The van der Waals surface area contributed by atoms with E-state index in [1.54, 1.807) is 0 Å². The maximum atomic E-state index is 0. The van der Waals surface area contributed by atoms with Crippen LogP contribution < -0.4 is 0 Å². The summed E-state index contributed by atoms with van der Waals surface area (Å²) in [5, 5.41) is 0. The van der Waals surface area contributed by atoms with Crippen molar-refractivity contribution in [2.75, 3.05) is 0 Å². The molecule has 17 valence electrons. The molecule has 0 aromatic carbocycles. The molecule has 0 bridgehead atoms. The van der Waals surface area contributed by atoms with E-state index >= 15 is 0 Å². The Hall–Kier alpha value is 2.84. The Kier molecular flexibility index (Phi) is 122. The first kappa shape index (κ1) is 28.9. The van der Waals surface area contributed by atoms with Crippen LogP contribution in [0.25, 0.3) is 0 Å². The summed E-state index contributed by atoms with van der Waals surface area (Å²) < 4.78 is 0. The molecule has 0 fully saturated rings. The molecule has 0 saturated carbocycles. The van der Waals surface area contributed by atoms with Gasteiger partial charge in [0.25, 0.3) is 0 Å². The summed E-state index contributed by atoms with van der Waals surface area (Å²) in [6.45, 7) is 0. The second-order valence-electron chi connectivity index (χ2n) is 0. The minimum atomic E-state index is 0. The molecule has 0 rings (SSSR count). The summed E-state index contributed by atoms with van der Waals surface area (Å²) in [7, 11) is 0. The molecule has 0 aromatic rings. The van der Waals surface area contributed by atoms with Crippen molar-refractivity contribution in [2.45, 2.75) is 0 Å². The van der Waals surface area contributed by atoms with E-state index in [0.717, 1.165) is 0 Å². The third-order valence-corrected chi connectivity index (χ3v) is 0. The van der Waals surface area contributed by atoms with Gasteiger partial charge in [-0.3, -0.25) is 0 Å². The van der Waals surface area contributed by atoms with Gasteiger partial charge in [0.05, 0.1) is 8.41 Å². The minimum absolute atomic E-state index is 0. The van der Waals surface area contributed by atoms with Crippen molar-refractivity contribution in [3.8, 4) is 0 Å². The molecule has 0 aliphatic rings. The van der Waals surface area contributed by atoms with Gasteiger partial charge in [0, 0.05) is 38.0 Å². The largest absolute Gasteiger partial charge is 0 e. The van der Waals surface area contributed by atoms with Crippen molar-refractivity contribution in [3.05, 3.63) is 0 Å². The molecule has 0 unspecified atom stereocenters. The van der Waals surface area contributed by atoms with Crippen LogP contribution in [0.1, 0.15) is 0 Å². The minimum Gasteiger partial charge on any atom is 0 e. The molecule has 0 amide bonds. The number of hydrogen-bond donors (Lipinski definition) is 0. The fourth-order valence-corrected chi connectivity index (χ4v) is 0. The summed E-state index contributed by atoms with van der Waals surface area (Å²) >= 11 is 0. The van der Waals surface area contributed by atoms with E-state index in [9.17, 15) is 0 Å². The van der Waals surface area contributed by atoms with Crippen molar-refractivity contribution in [1.82, 2.24) is 0 Å². The molecule has 0 spiro atoms. The Morgan fingerprint density at radius 2 is 1.00 bits per heavy atom. The molecule has 0 aliphatic carbocycles. The van der Waals surface area contributed by atoms with Gasteiger partial charge in [-0.05, 0) is 0 Å². The monoisotopic (exact) mass is 269 g/mol. The van der Waals surface area contributed by atoms with Gasteiger partial charge in [-0.2, -0.15) is 0 Å². The average Bonchev–Trinajstić information content (AvgIpc) is 0. The molecule has 0 nitrogen and oxygen atoms in total. The fraction of sp³-hybridized carbons (Fsp3) is 0. The molecule has 1 radical (unpaired) electrons. The van der Waals surface area contributed by atoms with E-state index in [0.29, 0.717) is 0 Å². The molecule has 0 heterocycles. The van der Waals surface area contributed by atoms with Crippen molar-refractivity contribution in [2.24, 2.45) is 0 Å². The standard InChI is InChI=1S/BH3.Ba.V.Zn.2H/h1H3;;;;;. The van der Waals surface area contributed by atoms with Crippen LogP contribution in [0.4, 0.5) is 0 Å². The third-order valence-electron chi connectivity index (χ3n) is 0. The number of hydrogen-bond acceptors (Lipinski definition) is 0. The van der Waals surface area contributed by atoms with Gasteiger partial charge < -0.3 is 0 Å². The molecule has 0 N–H and O–H groups in total. The summed E-state index contributed by atoms with van der Waals surface area (Å²) in [4.78, 5) is 0. The Labute approximate surface area is 93.2 Å². The Morgan fingerprint density at radius 1 is 1.00 bits per heavy atom. The maximum absolute atomic E-state index is 0. The molecule has 4 heavy (non-hydrogen) atoms. The van der Waals surface area contributed by atoms with Gasteiger partial charge in [-0.1, -0.05) is 0 Å². The van der Waals surface area contributed by atoms with Gasteiger partial charge in [-0.15, -0.1) is 0 Å². The molecule has 0 aromatic heterocycles. The van der Waals surface area contributed by atoms with Crippen LogP contribution in [0.3, 0.4) is 0 Å². The molecule has 0 saturated heterocycles. The van der Waals surface area contributed by atoms with E-state index in [2.05, 4.69) is 0 Å². The Morgan fingerprint density at radius 3 is 1.00 bits per heavy atom. The van der Waals surface area contributed by atoms with Crippen LogP contribution in [-0.4, -0.2) is 57.3 Å². The number of rotatable bonds is 0. The van der Waals surface area contributed by atoms with E-state index in [1.165, 1.54) is 0 Å². The first-order valence-corrected chi connectivity index (χ1v) is 0. The van der Waals surface area contributed by atoms with Crippen molar-refractivity contribution < 1.29 is 38.0 Å². The van der Waals surface area contributed by atoms with Crippen LogP contribution in [-0.2, 0) is 38.0 Å². The fourth-order valence-electron chi connectivity index (χ4n) is 0. The summed E-state index contributed by atoms with van der Waals surface area (Å²) in [5.41, 5.74) is 0. The van der Waals surface area contributed by atoms with Crippen LogP contribution in [0.2, 0.25) is 0 Å². The topological polar surface area (TPSA) is 0 Å². The zero-order valence-electron chi connectivity index (χ0n) is 1.15. The predicted octanol–water partition coefficient (Wildman–Crippen LogP) is -2.11. The molecular weight excluding hydrogens is 264 g/mol. The van der Waals surface area contributed by atoms with Gasteiger partial charge in [0.15, 0.2) is 0 Å². The van der Waals surface area contributed by atoms with Gasteiger partial charge in [0.2, 0.25) is 0 Å². The molecule has 0 aliphatic heterocycles. The first-order valence-electron chi connectivity index (χ1n) is 0. The summed E-state index contributed by atoms with van der Waals surface area (Å²) in [5.74, 6) is 0. The second-order valence-corrected chi connectivity index (χ2v) is 0. The summed E-state index contributed by atoms with van der Waals surface area (Å²) in [6, 6.07) is 0. The van der Waals surface area contributed by atoms with Crippen molar-refractivity contribution in [1.29, 1.82) is 0 Å². The average molecular weight is 270 g/mol. The van der Waals surface area contributed by atoms with Gasteiger partial charge in [0.1, 0.15) is 0 Å². The van der Waals surface area contributed by atoms with Crippen LogP contribution in [0, 0.1) is 0 Å². The maximum Gasteiger partial charge on any atom is 0 e. The van der Waals surface area contributed by atoms with Crippen molar-refractivity contribution >= 4 is 57.3 Å². The van der Waals surface area contributed by atoms with Crippen LogP contribution >= 0.6 is 0 Å². The molecule has 0 atom stereocenters.